The Bertz CT molecular complexity index is 1420. The van der Waals surface area contributed by atoms with E-state index >= 15 is 0 Å². The van der Waals surface area contributed by atoms with Crippen LogP contribution in [0.3, 0.4) is 0 Å². The molecule has 1 atom stereocenters. The smallest absolute Gasteiger partial charge is 0.399 e. The Kier molecular flexibility index (Phi) is 6.77. The van der Waals surface area contributed by atoms with E-state index in [9.17, 15) is 4.79 Å². The highest BCUT2D eigenvalue weighted by molar-refractivity contribution is 6.62. The number of likely N-dealkylation sites (N-methyl/N-ethyl adjacent to an activating group) is 1. The lowest BCUT2D eigenvalue weighted by molar-refractivity contribution is -0.115. The first-order valence-corrected chi connectivity index (χ1v) is 14.0. The molecule has 3 aliphatic rings. The van der Waals surface area contributed by atoms with Crippen LogP contribution in [-0.4, -0.2) is 73.0 Å². The average Bonchev–Trinajstić information content (AvgIpc) is 3.38. The van der Waals surface area contributed by atoms with E-state index in [1.54, 1.807) is 6.20 Å². The zero-order valence-electron chi connectivity index (χ0n) is 23.8. The first-order chi connectivity index (χ1) is 19.1. The Labute approximate surface area is 236 Å². The molecule has 0 spiro atoms. The van der Waals surface area contributed by atoms with E-state index in [-0.39, 0.29) is 5.91 Å². The van der Waals surface area contributed by atoms with Gasteiger partial charge in [0.05, 0.1) is 28.8 Å². The summed E-state index contributed by atoms with van der Waals surface area (Å²) in [6, 6.07) is 19.8. The van der Waals surface area contributed by atoms with Gasteiger partial charge in [0.25, 0.3) is 0 Å². The van der Waals surface area contributed by atoms with Gasteiger partial charge < -0.3 is 24.4 Å². The summed E-state index contributed by atoms with van der Waals surface area (Å²) in [5.74, 6) is 0.292. The van der Waals surface area contributed by atoms with Crippen molar-refractivity contribution in [3.63, 3.8) is 0 Å². The zero-order valence-corrected chi connectivity index (χ0v) is 23.8. The van der Waals surface area contributed by atoms with Crippen LogP contribution in [0.25, 0.3) is 0 Å². The number of hydrogen-bond donors (Lipinski definition) is 1. The molecule has 1 amide bonds. The molecule has 1 unspecified atom stereocenters. The third kappa shape index (κ3) is 4.94. The van der Waals surface area contributed by atoms with Crippen molar-refractivity contribution in [1.82, 2.24) is 9.88 Å². The second-order valence-electron chi connectivity index (χ2n) is 11.9. The van der Waals surface area contributed by atoms with Gasteiger partial charge in [0.15, 0.2) is 0 Å². The number of pyridine rings is 1. The number of carbonyl (C=O) groups excluding carboxylic acids is 1. The predicted octanol–water partition coefficient (Wildman–Crippen LogP) is 3.99. The summed E-state index contributed by atoms with van der Waals surface area (Å²) in [6.45, 7) is 12.1. The van der Waals surface area contributed by atoms with Crippen molar-refractivity contribution in [2.24, 2.45) is 4.99 Å². The maximum absolute atomic E-state index is 13.5. The number of fused-ring (bicyclic) bond motifs is 1. The minimum atomic E-state index is -0.554. The molecule has 1 N–H and O–H groups in total. The van der Waals surface area contributed by atoms with Gasteiger partial charge in [-0.2, -0.15) is 0 Å². The molecule has 0 bridgehead atoms. The number of rotatable bonds is 5. The van der Waals surface area contributed by atoms with Crippen molar-refractivity contribution in [1.29, 1.82) is 0 Å². The van der Waals surface area contributed by atoms with Crippen molar-refractivity contribution >= 4 is 41.4 Å². The summed E-state index contributed by atoms with van der Waals surface area (Å²) in [4.78, 5) is 27.8. The molecule has 0 saturated carbocycles. The largest absolute Gasteiger partial charge is 0.494 e. The van der Waals surface area contributed by atoms with Gasteiger partial charge in [0.1, 0.15) is 11.7 Å². The normalized spacial score (nSPS) is 22.4. The van der Waals surface area contributed by atoms with Crippen molar-refractivity contribution in [2.75, 3.05) is 43.4 Å². The second kappa shape index (κ2) is 10.1. The molecule has 2 fully saturated rings. The number of nitrogens with one attached hydrogen (secondary N) is 1. The van der Waals surface area contributed by atoms with E-state index in [4.69, 9.17) is 19.3 Å². The Hall–Kier alpha value is -3.53. The van der Waals surface area contributed by atoms with Crippen LogP contribution >= 0.6 is 0 Å². The Morgan fingerprint density at radius 1 is 0.975 bits per heavy atom. The highest BCUT2D eigenvalue weighted by atomic mass is 16.7. The number of aliphatic imine (C=N–C) groups is 1. The molecule has 2 aromatic carbocycles. The van der Waals surface area contributed by atoms with E-state index in [0.717, 1.165) is 54.3 Å². The van der Waals surface area contributed by atoms with Gasteiger partial charge in [-0.3, -0.25) is 9.79 Å². The van der Waals surface area contributed by atoms with E-state index in [1.165, 1.54) is 0 Å². The fraction of sp³-hybridized carbons (Fsp3) is 0.387. The lowest BCUT2D eigenvalue weighted by atomic mass is 9.77. The second-order valence-corrected chi connectivity index (χ2v) is 11.9. The van der Waals surface area contributed by atoms with Crippen LogP contribution in [-0.2, 0) is 14.1 Å². The SMILES string of the molecule is CN1CCN(c2ccc(N=C(c3ccccc3)C3C(=O)Nc4cc(B5OC(C)(C)C(C)(C)O5)ccc43)cn2)CC1. The molecule has 8 nitrogen and oxygen atoms in total. The van der Waals surface area contributed by atoms with Crippen LogP contribution in [0.2, 0.25) is 0 Å². The highest BCUT2D eigenvalue weighted by Gasteiger charge is 2.52. The zero-order chi connectivity index (χ0) is 28.1. The predicted molar refractivity (Wildman–Crippen MR) is 160 cm³/mol. The topological polar surface area (TPSA) is 79.3 Å². The number of aromatic nitrogens is 1. The Morgan fingerprint density at radius 2 is 1.68 bits per heavy atom. The van der Waals surface area contributed by atoms with Gasteiger partial charge in [-0.1, -0.05) is 42.5 Å². The molecule has 1 aromatic heterocycles. The van der Waals surface area contributed by atoms with Crippen LogP contribution in [0.5, 0.6) is 0 Å². The fourth-order valence-corrected chi connectivity index (χ4v) is 5.39. The maximum Gasteiger partial charge on any atom is 0.494 e. The first-order valence-electron chi connectivity index (χ1n) is 14.0. The van der Waals surface area contributed by atoms with Crippen LogP contribution in [0.4, 0.5) is 17.2 Å². The van der Waals surface area contributed by atoms with Gasteiger partial charge in [-0.25, -0.2) is 4.98 Å². The number of nitrogens with zero attached hydrogens (tertiary/aromatic N) is 4. The van der Waals surface area contributed by atoms with Crippen LogP contribution in [0, 0.1) is 0 Å². The summed E-state index contributed by atoms with van der Waals surface area (Å²) in [5.41, 5.74) is 3.94. The van der Waals surface area contributed by atoms with Gasteiger partial charge in [0, 0.05) is 31.9 Å². The Morgan fingerprint density at radius 3 is 2.33 bits per heavy atom. The minimum Gasteiger partial charge on any atom is -0.399 e. The summed E-state index contributed by atoms with van der Waals surface area (Å²) in [6.07, 6.45) is 1.80. The van der Waals surface area contributed by atoms with Crippen molar-refractivity contribution in [3.8, 4) is 0 Å². The molecule has 40 heavy (non-hydrogen) atoms. The van der Waals surface area contributed by atoms with Gasteiger partial charge in [-0.15, -0.1) is 0 Å². The molecule has 9 heteroatoms. The number of benzene rings is 2. The van der Waals surface area contributed by atoms with Gasteiger partial charge in [-0.05, 0) is 69.5 Å². The summed E-state index contributed by atoms with van der Waals surface area (Å²) in [7, 11) is 1.64. The standard InChI is InChI=1S/C31H36BN5O3/c1-30(2)31(3,4)40-32(39-30)22-11-13-24-25(19-22)35-29(38)27(24)28(21-9-7-6-8-10-21)34-23-12-14-26(33-20-23)37-17-15-36(5)16-18-37/h6-14,19-20,27H,15-18H2,1-5H3,(H,35,38). The van der Waals surface area contributed by atoms with Crippen molar-refractivity contribution in [2.45, 2.75) is 44.8 Å². The molecule has 6 rings (SSSR count). The van der Waals surface area contributed by atoms with Crippen LogP contribution in [0.15, 0.2) is 71.9 Å². The maximum atomic E-state index is 13.5. The molecule has 3 aliphatic heterocycles. The molecule has 4 heterocycles. The highest BCUT2D eigenvalue weighted by Crippen LogP contribution is 2.39. The summed E-state index contributed by atoms with van der Waals surface area (Å²) < 4.78 is 12.5. The number of amides is 1. The molecular formula is C31H36BN5O3. The molecule has 0 aliphatic carbocycles. The molecule has 0 radical (unpaired) electrons. The molecule has 3 aromatic rings. The molecule has 206 valence electrons. The van der Waals surface area contributed by atoms with Crippen molar-refractivity contribution < 1.29 is 14.1 Å². The number of anilines is 2. The van der Waals surface area contributed by atoms with Crippen LogP contribution < -0.4 is 15.7 Å². The lowest BCUT2D eigenvalue weighted by Gasteiger charge is -2.33. The number of carbonyl (C=O) groups is 1. The number of hydrogen-bond acceptors (Lipinski definition) is 7. The molecular weight excluding hydrogens is 501 g/mol. The first kappa shape index (κ1) is 26.7. The van der Waals surface area contributed by atoms with E-state index in [2.05, 4.69) is 22.2 Å². The van der Waals surface area contributed by atoms with Crippen molar-refractivity contribution in [3.05, 3.63) is 78.0 Å². The third-order valence-corrected chi connectivity index (χ3v) is 8.59. The third-order valence-electron chi connectivity index (χ3n) is 8.59. The average molecular weight is 537 g/mol. The molecule has 2 saturated heterocycles. The summed E-state index contributed by atoms with van der Waals surface area (Å²) in [5, 5.41) is 3.09. The monoisotopic (exact) mass is 537 g/mol. The van der Waals surface area contributed by atoms with Crippen LogP contribution in [0.1, 0.15) is 44.7 Å². The van der Waals surface area contributed by atoms with Gasteiger partial charge >= 0.3 is 7.12 Å². The van der Waals surface area contributed by atoms with Gasteiger partial charge in [0.2, 0.25) is 5.91 Å². The van der Waals surface area contributed by atoms with E-state index < -0.39 is 24.2 Å². The minimum absolute atomic E-state index is 0.106. The fourth-order valence-electron chi connectivity index (χ4n) is 5.39. The van der Waals surface area contributed by atoms with E-state index in [1.807, 2.05) is 88.4 Å². The number of piperazine rings is 1. The summed E-state index contributed by atoms with van der Waals surface area (Å²) >= 11 is 0. The quantitative estimate of drug-likeness (QED) is 0.392. The van der Waals surface area contributed by atoms with E-state index in [0.29, 0.717) is 11.4 Å². The lowest BCUT2D eigenvalue weighted by Crippen LogP contribution is -2.44. The Balaban J connectivity index is 1.32.